The minimum Gasteiger partial charge on any atom is -0.434 e. The molecule has 0 aliphatic heterocycles. The van der Waals surface area contributed by atoms with Crippen LogP contribution in [0.15, 0.2) is 22.7 Å². The fourth-order valence-corrected chi connectivity index (χ4v) is 2.73. The Morgan fingerprint density at radius 2 is 2.00 bits per heavy atom. The quantitative estimate of drug-likeness (QED) is 0.889. The minimum absolute atomic E-state index is 0.109. The number of hydrogen-bond acceptors (Lipinski definition) is 2. The topological polar surface area (TPSA) is 38.3 Å². The molecule has 1 aromatic carbocycles. The molecule has 20 heavy (non-hydrogen) atoms. The van der Waals surface area contributed by atoms with Crippen molar-refractivity contribution in [2.75, 3.05) is 0 Å². The Morgan fingerprint density at radius 3 is 2.65 bits per heavy atom. The highest BCUT2D eigenvalue weighted by Crippen LogP contribution is 2.26. The number of alkyl halides is 2. The summed E-state index contributed by atoms with van der Waals surface area (Å²) in [5.74, 6) is -0.470. The van der Waals surface area contributed by atoms with Crippen LogP contribution in [0.2, 0.25) is 0 Å². The van der Waals surface area contributed by atoms with Gasteiger partial charge >= 0.3 is 6.61 Å². The Labute approximate surface area is 124 Å². The van der Waals surface area contributed by atoms with Crippen molar-refractivity contribution in [3.8, 4) is 5.75 Å². The first-order valence-corrected chi connectivity index (χ1v) is 7.41. The number of rotatable bonds is 4. The Kier molecular flexibility index (Phi) is 5.34. The molecule has 0 atom stereocenters. The predicted octanol–water partition coefficient (Wildman–Crippen LogP) is 4.11. The second-order valence-electron chi connectivity index (χ2n) is 4.83. The van der Waals surface area contributed by atoms with Gasteiger partial charge in [-0.05, 0) is 31.0 Å². The molecule has 0 aromatic heterocycles. The summed E-state index contributed by atoms with van der Waals surface area (Å²) in [5.41, 5.74) is 0.138. The number of ether oxygens (including phenoxy) is 1. The molecule has 1 aliphatic carbocycles. The molecule has 0 heterocycles. The normalized spacial score (nSPS) is 16.2. The predicted molar refractivity (Wildman–Crippen MR) is 75.1 cm³/mol. The minimum atomic E-state index is -2.95. The molecule has 1 aliphatic rings. The molecule has 0 unspecified atom stereocenters. The summed E-state index contributed by atoms with van der Waals surface area (Å²) in [4.78, 5) is 12.2. The first kappa shape index (κ1) is 15.2. The average molecular weight is 348 g/mol. The summed E-state index contributed by atoms with van der Waals surface area (Å²) >= 11 is 3.18. The van der Waals surface area contributed by atoms with Gasteiger partial charge in [0.15, 0.2) is 0 Å². The van der Waals surface area contributed by atoms with Gasteiger partial charge in [-0.3, -0.25) is 4.79 Å². The fraction of sp³-hybridized carbons (Fsp3) is 0.500. The van der Waals surface area contributed by atoms with Gasteiger partial charge in [-0.1, -0.05) is 35.2 Å². The summed E-state index contributed by atoms with van der Waals surface area (Å²) in [5, 5.41) is 2.89. The molecule has 2 rings (SSSR count). The molecule has 6 heteroatoms. The van der Waals surface area contributed by atoms with Gasteiger partial charge in [0, 0.05) is 10.5 Å². The zero-order valence-electron chi connectivity index (χ0n) is 10.9. The van der Waals surface area contributed by atoms with Crippen molar-refractivity contribution in [1.29, 1.82) is 0 Å². The molecule has 1 aromatic rings. The van der Waals surface area contributed by atoms with E-state index in [9.17, 15) is 13.6 Å². The van der Waals surface area contributed by atoms with Gasteiger partial charge in [-0.25, -0.2) is 0 Å². The van der Waals surface area contributed by atoms with Gasteiger partial charge in [0.2, 0.25) is 0 Å². The first-order valence-electron chi connectivity index (χ1n) is 6.61. The number of carbonyl (C=O) groups excluding carboxylic acids is 1. The standard InChI is InChI=1S/C14H16BrF2NO2/c15-9-6-7-11(12(8-9)20-14(16)17)13(19)18-10-4-2-1-3-5-10/h6-8,10,14H,1-5H2,(H,18,19). The molecule has 110 valence electrons. The SMILES string of the molecule is O=C(NC1CCCCC1)c1ccc(Br)cc1OC(F)F. The zero-order chi connectivity index (χ0) is 14.5. The van der Waals surface area contributed by atoms with Crippen molar-refractivity contribution in [3.05, 3.63) is 28.2 Å². The number of nitrogens with one attached hydrogen (secondary N) is 1. The number of carbonyl (C=O) groups is 1. The molecule has 1 saturated carbocycles. The highest BCUT2D eigenvalue weighted by Gasteiger charge is 2.20. The van der Waals surface area contributed by atoms with E-state index in [2.05, 4.69) is 26.0 Å². The van der Waals surface area contributed by atoms with Crippen LogP contribution in [-0.4, -0.2) is 18.6 Å². The summed E-state index contributed by atoms with van der Waals surface area (Å²) in [6, 6.07) is 4.62. The van der Waals surface area contributed by atoms with Crippen LogP contribution in [0.5, 0.6) is 5.75 Å². The third-order valence-corrected chi connectivity index (χ3v) is 3.84. The third-order valence-electron chi connectivity index (χ3n) is 3.34. The van der Waals surface area contributed by atoms with Crippen LogP contribution in [0.1, 0.15) is 42.5 Å². The molecule has 3 nitrogen and oxygen atoms in total. The van der Waals surface area contributed by atoms with Crippen molar-refractivity contribution in [2.24, 2.45) is 0 Å². The molecular formula is C14H16BrF2NO2. The van der Waals surface area contributed by atoms with Crippen LogP contribution in [0, 0.1) is 0 Å². The molecular weight excluding hydrogens is 332 g/mol. The van der Waals surface area contributed by atoms with Crippen LogP contribution in [-0.2, 0) is 0 Å². The second-order valence-corrected chi connectivity index (χ2v) is 5.74. The Morgan fingerprint density at radius 1 is 1.30 bits per heavy atom. The largest absolute Gasteiger partial charge is 0.434 e. The lowest BCUT2D eigenvalue weighted by molar-refractivity contribution is -0.0502. The monoisotopic (exact) mass is 347 g/mol. The van der Waals surface area contributed by atoms with Gasteiger partial charge in [-0.2, -0.15) is 8.78 Å². The van der Waals surface area contributed by atoms with Crippen LogP contribution in [0.4, 0.5) is 8.78 Å². The van der Waals surface area contributed by atoms with E-state index in [-0.39, 0.29) is 23.3 Å². The number of hydrogen-bond donors (Lipinski definition) is 1. The molecule has 0 radical (unpaired) electrons. The summed E-state index contributed by atoms with van der Waals surface area (Å²) in [6.45, 7) is -2.95. The van der Waals surface area contributed by atoms with Crippen molar-refractivity contribution in [3.63, 3.8) is 0 Å². The third kappa shape index (κ3) is 4.16. The van der Waals surface area contributed by atoms with E-state index in [0.717, 1.165) is 25.7 Å². The zero-order valence-corrected chi connectivity index (χ0v) is 12.5. The van der Waals surface area contributed by atoms with Crippen molar-refractivity contribution >= 4 is 21.8 Å². The maximum absolute atomic E-state index is 12.4. The van der Waals surface area contributed by atoms with E-state index in [1.54, 1.807) is 6.07 Å². The Balaban J connectivity index is 2.11. The van der Waals surface area contributed by atoms with E-state index in [1.807, 2.05) is 0 Å². The first-order chi connectivity index (χ1) is 9.56. The molecule has 1 amide bonds. The van der Waals surface area contributed by atoms with Crippen molar-refractivity contribution in [1.82, 2.24) is 5.32 Å². The molecule has 1 fully saturated rings. The van der Waals surface area contributed by atoms with Gasteiger partial charge < -0.3 is 10.1 Å². The second kappa shape index (κ2) is 7.02. The lowest BCUT2D eigenvalue weighted by atomic mass is 9.95. The lowest BCUT2D eigenvalue weighted by Gasteiger charge is -2.23. The van der Waals surface area contributed by atoms with E-state index in [1.165, 1.54) is 18.6 Å². The Bertz CT molecular complexity index is 476. The van der Waals surface area contributed by atoms with E-state index < -0.39 is 6.61 Å². The highest BCUT2D eigenvalue weighted by molar-refractivity contribution is 9.10. The van der Waals surface area contributed by atoms with E-state index in [4.69, 9.17) is 0 Å². The van der Waals surface area contributed by atoms with Crippen LogP contribution < -0.4 is 10.1 Å². The number of amides is 1. The van der Waals surface area contributed by atoms with Gasteiger partial charge in [-0.15, -0.1) is 0 Å². The van der Waals surface area contributed by atoms with Crippen molar-refractivity contribution in [2.45, 2.75) is 44.8 Å². The van der Waals surface area contributed by atoms with Crippen LogP contribution >= 0.6 is 15.9 Å². The molecule has 1 N–H and O–H groups in total. The van der Waals surface area contributed by atoms with Crippen LogP contribution in [0.3, 0.4) is 0 Å². The highest BCUT2D eigenvalue weighted by atomic mass is 79.9. The van der Waals surface area contributed by atoms with Gasteiger partial charge in [0.1, 0.15) is 5.75 Å². The van der Waals surface area contributed by atoms with Gasteiger partial charge in [0.05, 0.1) is 5.56 Å². The Hall–Kier alpha value is -1.17. The van der Waals surface area contributed by atoms with Crippen LogP contribution in [0.25, 0.3) is 0 Å². The smallest absolute Gasteiger partial charge is 0.387 e. The van der Waals surface area contributed by atoms with Crippen molar-refractivity contribution < 1.29 is 18.3 Å². The van der Waals surface area contributed by atoms with Gasteiger partial charge in [0.25, 0.3) is 5.91 Å². The fourth-order valence-electron chi connectivity index (χ4n) is 2.39. The number of benzene rings is 1. The summed E-state index contributed by atoms with van der Waals surface area (Å²) < 4.78 is 29.8. The molecule has 0 bridgehead atoms. The average Bonchev–Trinajstić information content (AvgIpc) is 2.39. The molecule has 0 spiro atoms. The maximum atomic E-state index is 12.4. The summed E-state index contributed by atoms with van der Waals surface area (Å²) in [7, 11) is 0. The lowest BCUT2D eigenvalue weighted by Crippen LogP contribution is -2.36. The van der Waals surface area contributed by atoms with E-state index in [0.29, 0.717) is 4.47 Å². The molecule has 0 saturated heterocycles. The van der Waals surface area contributed by atoms with E-state index >= 15 is 0 Å². The maximum Gasteiger partial charge on any atom is 0.387 e. The number of halogens is 3. The summed E-state index contributed by atoms with van der Waals surface area (Å²) in [6.07, 6.45) is 5.24.